The third kappa shape index (κ3) is 18.5. The number of carboxylic acids is 1. The molecule has 1 radical (unpaired) electrons. The summed E-state index contributed by atoms with van der Waals surface area (Å²) in [6.45, 7) is 10.7. The topological polar surface area (TPSA) is 55.8 Å². The Balaban J connectivity index is 0. The lowest BCUT2D eigenvalue weighted by Gasteiger charge is -2.07. The van der Waals surface area contributed by atoms with Gasteiger partial charge in [-0.15, -0.1) is 0 Å². The maximum atomic E-state index is 9.31. The van der Waals surface area contributed by atoms with E-state index >= 15 is 0 Å². The van der Waals surface area contributed by atoms with Crippen molar-refractivity contribution in [2.24, 2.45) is 0 Å². The summed E-state index contributed by atoms with van der Waals surface area (Å²) in [6.07, 6.45) is -0.0278. The molecule has 0 aromatic heterocycles. The molecule has 0 saturated carbocycles. The quantitative estimate of drug-likeness (QED) is 0.688. The molecule has 0 aliphatic carbocycles. The van der Waals surface area contributed by atoms with E-state index in [-0.39, 0.29) is 6.42 Å². The van der Waals surface area contributed by atoms with Gasteiger partial charge < -0.3 is 14.0 Å². The molecular formula is C8H19O4Si. The van der Waals surface area contributed by atoms with Crippen molar-refractivity contribution >= 4 is 15.3 Å². The first kappa shape index (κ1) is 15.1. The number of carbonyl (C=O) groups is 1. The van der Waals surface area contributed by atoms with Gasteiger partial charge in [-0.3, -0.25) is 4.79 Å². The number of rotatable bonds is 5. The Morgan fingerprint density at radius 2 is 1.69 bits per heavy atom. The second-order valence-electron chi connectivity index (χ2n) is 2.12. The first-order valence-electron chi connectivity index (χ1n) is 4.32. The van der Waals surface area contributed by atoms with Gasteiger partial charge in [0.1, 0.15) is 0 Å². The number of carboxylic acid groups (broad SMARTS) is 1. The summed E-state index contributed by atoms with van der Waals surface area (Å²) in [6, 6.07) is 0. The van der Waals surface area contributed by atoms with Gasteiger partial charge in [0.15, 0.2) is 0 Å². The smallest absolute Gasteiger partial charge is 0.318 e. The van der Waals surface area contributed by atoms with Gasteiger partial charge >= 0.3 is 15.3 Å². The third-order valence-electron chi connectivity index (χ3n) is 1.02. The van der Waals surface area contributed by atoms with Crippen LogP contribution < -0.4 is 0 Å². The molecule has 0 unspecified atom stereocenters. The molecule has 4 nitrogen and oxygen atoms in total. The van der Waals surface area contributed by atoms with Crippen LogP contribution >= 0.6 is 0 Å². The lowest BCUT2D eigenvalue weighted by atomic mass is 10.5. The van der Waals surface area contributed by atoms with Crippen LogP contribution in [0, 0.1) is 6.92 Å². The largest absolute Gasteiger partial charge is 0.481 e. The Kier molecular flexibility index (Phi) is 13.5. The fraction of sp³-hybridized carbons (Fsp3) is 0.750. The molecule has 13 heavy (non-hydrogen) atoms. The van der Waals surface area contributed by atoms with Crippen LogP contribution in [0.1, 0.15) is 20.3 Å². The zero-order chi connectivity index (χ0) is 10.7. The van der Waals surface area contributed by atoms with Gasteiger partial charge in [0.05, 0.1) is 0 Å². The molecule has 0 amide bonds. The molecule has 5 heteroatoms. The average Bonchev–Trinajstić information content (AvgIpc) is 2.06. The van der Waals surface area contributed by atoms with Gasteiger partial charge in [-0.2, -0.15) is 0 Å². The first-order valence-corrected chi connectivity index (χ1v) is 6.42. The van der Waals surface area contributed by atoms with E-state index in [0.29, 0.717) is 0 Å². The minimum Gasteiger partial charge on any atom is -0.481 e. The Morgan fingerprint density at radius 3 is 1.85 bits per heavy atom. The summed E-state index contributed by atoms with van der Waals surface area (Å²) in [5.41, 5.74) is 0. The van der Waals surface area contributed by atoms with Crippen molar-refractivity contribution in [3.63, 3.8) is 0 Å². The minimum absolute atomic E-state index is 0.0278. The standard InChI is InChI=1S/C5H14O2Si.C3H5O2/c1-4-6-8(3)7-5-2;1-2-3(4)5/h8H,4-5H2,1-3H3;1-2H2,(H,4,5). The van der Waals surface area contributed by atoms with Crippen molar-refractivity contribution in [2.45, 2.75) is 26.8 Å². The van der Waals surface area contributed by atoms with E-state index in [1.54, 1.807) is 0 Å². The molecule has 79 valence electrons. The van der Waals surface area contributed by atoms with Gasteiger partial charge in [-0.1, -0.05) is 0 Å². The fourth-order valence-electron chi connectivity index (χ4n) is 0.518. The number of aliphatic carboxylic acids is 1. The highest BCUT2D eigenvalue weighted by atomic mass is 28.3. The summed E-state index contributed by atoms with van der Waals surface area (Å²) in [5, 5.41) is 7.66. The molecule has 0 aromatic carbocycles. The van der Waals surface area contributed by atoms with Gasteiger partial charge in [-0.05, 0) is 27.3 Å². The van der Waals surface area contributed by atoms with Gasteiger partial charge in [0, 0.05) is 19.6 Å². The lowest BCUT2D eigenvalue weighted by molar-refractivity contribution is -0.136. The zero-order valence-electron chi connectivity index (χ0n) is 8.58. The molecule has 1 N–H and O–H groups in total. The van der Waals surface area contributed by atoms with E-state index in [1.165, 1.54) is 0 Å². The predicted octanol–water partition coefficient (Wildman–Crippen LogP) is 1.20. The van der Waals surface area contributed by atoms with Crippen molar-refractivity contribution in [1.82, 2.24) is 0 Å². The van der Waals surface area contributed by atoms with E-state index in [1.807, 2.05) is 20.4 Å². The Bertz CT molecular complexity index is 113. The number of hydrogen-bond donors (Lipinski definition) is 1. The monoisotopic (exact) mass is 207 g/mol. The molecule has 0 aromatic rings. The van der Waals surface area contributed by atoms with Crippen LogP contribution in [0.15, 0.2) is 0 Å². The molecule has 0 saturated heterocycles. The van der Waals surface area contributed by atoms with E-state index < -0.39 is 15.3 Å². The Hall–Kier alpha value is -0.393. The second kappa shape index (κ2) is 11.6. The minimum atomic E-state index is -1.20. The lowest BCUT2D eigenvalue weighted by Crippen LogP contribution is -2.17. The van der Waals surface area contributed by atoms with Crippen LogP contribution in [-0.2, 0) is 13.6 Å². The van der Waals surface area contributed by atoms with E-state index in [4.69, 9.17) is 14.0 Å². The zero-order valence-corrected chi connectivity index (χ0v) is 9.73. The number of hydrogen-bond acceptors (Lipinski definition) is 3. The molecule has 0 bridgehead atoms. The highest BCUT2D eigenvalue weighted by Gasteiger charge is 1.99. The fourth-order valence-corrected chi connectivity index (χ4v) is 1.55. The average molecular weight is 207 g/mol. The highest BCUT2D eigenvalue weighted by molar-refractivity contribution is 6.42. The first-order chi connectivity index (χ1) is 6.08. The van der Waals surface area contributed by atoms with Crippen molar-refractivity contribution in [1.29, 1.82) is 0 Å². The van der Waals surface area contributed by atoms with Crippen LogP contribution in [0.25, 0.3) is 0 Å². The molecule has 0 spiro atoms. The molecule has 0 aliphatic rings. The second-order valence-corrected chi connectivity index (χ2v) is 3.92. The third-order valence-corrected chi connectivity index (χ3v) is 2.62. The Labute approximate surface area is 81.7 Å². The summed E-state index contributed by atoms with van der Waals surface area (Å²) in [7, 11) is -1.20. The SMILES string of the molecule is CCO[SiH](C)OCC.[CH2]CC(=O)O. The van der Waals surface area contributed by atoms with Crippen LogP contribution in [0.3, 0.4) is 0 Å². The van der Waals surface area contributed by atoms with Gasteiger partial charge in [0.25, 0.3) is 0 Å². The normalized spacial score (nSPS) is 9.31. The van der Waals surface area contributed by atoms with E-state index in [9.17, 15) is 4.79 Å². The van der Waals surface area contributed by atoms with Crippen LogP contribution in [0.2, 0.25) is 6.55 Å². The van der Waals surface area contributed by atoms with Crippen molar-refractivity contribution in [3.8, 4) is 0 Å². The van der Waals surface area contributed by atoms with Crippen LogP contribution in [0.5, 0.6) is 0 Å². The molecule has 0 rings (SSSR count). The van der Waals surface area contributed by atoms with Gasteiger partial charge in [0.2, 0.25) is 0 Å². The molecule has 0 fully saturated rings. The molecule has 0 atom stereocenters. The maximum Gasteiger partial charge on any atom is 0.318 e. The van der Waals surface area contributed by atoms with E-state index in [0.717, 1.165) is 13.2 Å². The van der Waals surface area contributed by atoms with Gasteiger partial charge in [-0.25, -0.2) is 0 Å². The van der Waals surface area contributed by atoms with E-state index in [2.05, 4.69) is 6.92 Å². The van der Waals surface area contributed by atoms with Crippen LogP contribution in [0.4, 0.5) is 0 Å². The van der Waals surface area contributed by atoms with Crippen molar-refractivity contribution < 1.29 is 18.8 Å². The molecular weight excluding hydrogens is 188 g/mol. The summed E-state index contributed by atoms with van der Waals surface area (Å²) >= 11 is 0. The molecule has 0 aliphatic heterocycles. The highest BCUT2D eigenvalue weighted by Crippen LogP contribution is 1.85. The summed E-state index contributed by atoms with van der Waals surface area (Å²) in [5.74, 6) is -0.856. The summed E-state index contributed by atoms with van der Waals surface area (Å²) < 4.78 is 10.4. The van der Waals surface area contributed by atoms with Crippen molar-refractivity contribution in [3.05, 3.63) is 6.92 Å². The van der Waals surface area contributed by atoms with Crippen LogP contribution in [-0.4, -0.2) is 33.6 Å². The summed E-state index contributed by atoms with van der Waals surface area (Å²) in [4.78, 5) is 9.31. The Morgan fingerprint density at radius 1 is 1.38 bits per heavy atom. The van der Waals surface area contributed by atoms with Crippen molar-refractivity contribution in [2.75, 3.05) is 13.2 Å². The molecule has 0 heterocycles. The maximum absolute atomic E-state index is 9.31. The predicted molar refractivity (Wildman–Crippen MR) is 53.9 cm³/mol.